The maximum Gasteiger partial charge on any atom is 0.161 e. The van der Waals surface area contributed by atoms with Gasteiger partial charge in [-0.2, -0.15) is 0 Å². The molecule has 0 amide bonds. The smallest absolute Gasteiger partial charge is 0.161 e. The minimum Gasteiger partial charge on any atom is -0.384 e. The van der Waals surface area contributed by atoms with Crippen LogP contribution in [-0.4, -0.2) is 9.97 Å². The second kappa shape index (κ2) is 4.91. The Morgan fingerprint density at radius 1 is 1.18 bits per heavy atom. The molecule has 0 atom stereocenters. The highest BCUT2D eigenvalue weighted by molar-refractivity contribution is 5.56. The Bertz CT molecular complexity index is 509. The van der Waals surface area contributed by atoms with E-state index in [0.717, 1.165) is 24.1 Å². The first-order chi connectivity index (χ1) is 8.19. The highest BCUT2D eigenvalue weighted by Gasteiger charge is 2.05. The fourth-order valence-corrected chi connectivity index (χ4v) is 1.63. The Morgan fingerprint density at radius 2 is 1.88 bits per heavy atom. The Kier molecular flexibility index (Phi) is 3.32. The van der Waals surface area contributed by atoms with Crippen molar-refractivity contribution in [2.75, 3.05) is 5.73 Å². The first kappa shape index (κ1) is 11.5. The monoisotopic (exact) mass is 231 g/mol. The van der Waals surface area contributed by atoms with Crippen LogP contribution in [0, 0.1) is 5.82 Å². The van der Waals surface area contributed by atoms with Gasteiger partial charge in [0.2, 0.25) is 0 Å². The molecule has 2 rings (SSSR count). The van der Waals surface area contributed by atoms with E-state index in [2.05, 4.69) is 16.9 Å². The number of nitrogens with two attached hydrogens (primary N) is 1. The molecule has 2 N–H and O–H groups in total. The Morgan fingerprint density at radius 3 is 2.53 bits per heavy atom. The van der Waals surface area contributed by atoms with Crippen molar-refractivity contribution in [3.05, 3.63) is 41.8 Å². The number of halogens is 1. The lowest BCUT2D eigenvalue weighted by atomic mass is 10.2. The quantitative estimate of drug-likeness (QED) is 0.883. The molecule has 0 radical (unpaired) electrons. The van der Waals surface area contributed by atoms with E-state index in [1.165, 1.54) is 12.1 Å². The zero-order valence-corrected chi connectivity index (χ0v) is 9.65. The summed E-state index contributed by atoms with van der Waals surface area (Å²) in [6, 6.07) is 7.86. The second-order valence-electron chi connectivity index (χ2n) is 3.86. The van der Waals surface area contributed by atoms with Gasteiger partial charge in [0.05, 0.1) is 0 Å². The summed E-state index contributed by atoms with van der Waals surface area (Å²) in [5, 5.41) is 0. The number of nitrogens with zero attached hydrogens (tertiary/aromatic N) is 2. The minimum atomic E-state index is -0.272. The van der Waals surface area contributed by atoms with Gasteiger partial charge in [-0.15, -0.1) is 0 Å². The minimum absolute atomic E-state index is 0.272. The Hall–Kier alpha value is -1.97. The van der Waals surface area contributed by atoms with Crippen molar-refractivity contribution in [2.45, 2.75) is 19.8 Å². The van der Waals surface area contributed by atoms with Crippen LogP contribution in [0.25, 0.3) is 11.4 Å². The number of aromatic nitrogens is 2. The summed E-state index contributed by atoms with van der Waals surface area (Å²) in [6.45, 7) is 2.08. The normalized spacial score (nSPS) is 10.5. The molecule has 2 aromatic rings. The average Bonchev–Trinajstić information content (AvgIpc) is 2.29. The first-order valence-corrected chi connectivity index (χ1v) is 5.58. The van der Waals surface area contributed by atoms with Crippen LogP contribution < -0.4 is 5.73 Å². The largest absolute Gasteiger partial charge is 0.384 e. The summed E-state index contributed by atoms with van der Waals surface area (Å²) in [7, 11) is 0. The number of hydrogen-bond donors (Lipinski definition) is 1. The second-order valence-corrected chi connectivity index (χ2v) is 3.86. The number of nitrogen functional groups attached to an aromatic ring is 1. The lowest BCUT2D eigenvalue weighted by Gasteiger charge is -2.05. The van der Waals surface area contributed by atoms with Gasteiger partial charge in [-0.05, 0) is 30.7 Å². The van der Waals surface area contributed by atoms with Crippen LogP contribution in [0.15, 0.2) is 30.3 Å². The lowest BCUT2D eigenvalue weighted by Crippen LogP contribution is -2.00. The van der Waals surface area contributed by atoms with Gasteiger partial charge in [-0.1, -0.05) is 13.3 Å². The van der Waals surface area contributed by atoms with Crippen LogP contribution in [0.1, 0.15) is 19.0 Å². The fraction of sp³-hybridized carbons (Fsp3) is 0.231. The van der Waals surface area contributed by atoms with Crippen molar-refractivity contribution in [2.24, 2.45) is 0 Å². The van der Waals surface area contributed by atoms with Gasteiger partial charge in [0.15, 0.2) is 5.82 Å². The van der Waals surface area contributed by atoms with Crippen molar-refractivity contribution in [3.8, 4) is 11.4 Å². The number of anilines is 1. The van der Waals surface area contributed by atoms with Gasteiger partial charge in [0.25, 0.3) is 0 Å². The first-order valence-electron chi connectivity index (χ1n) is 5.58. The third kappa shape index (κ3) is 2.78. The van der Waals surface area contributed by atoms with Crippen LogP contribution >= 0.6 is 0 Å². The van der Waals surface area contributed by atoms with Crippen LogP contribution in [0.2, 0.25) is 0 Å². The van der Waals surface area contributed by atoms with E-state index in [1.54, 1.807) is 18.2 Å². The number of hydrogen-bond acceptors (Lipinski definition) is 3. The molecular weight excluding hydrogens is 217 g/mol. The molecule has 0 saturated heterocycles. The van der Waals surface area contributed by atoms with E-state index in [9.17, 15) is 4.39 Å². The van der Waals surface area contributed by atoms with Crippen LogP contribution in [0.4, 0.5) is 10.2 Å². The summed E-state index contributed by atoms with van der Waals surface area (Å²) in [5.74, 6) is 0.725. The Labute approximate surface area is 99.5 Å². The SMILES string of the molecule is CCCc1cc(N)nc(-c2ccc(F)cc2)n1. The van der Waals surface area contributed by atoms with Gasteiger partial charge in [0, 0.05) is 17.3 Å². The molecule has 0 saturated carbocycles. The van der Waals surface area contributed by atoms with Gasteiger partial charge in [-0.25, -0.2) is 14.4 Å². The maximum absolute atomic E-state index is 12.8. The van der Waals surface area contributed by atoms with E-state index in [4.69, 9.17) is 5.73 Å². The molecule has 0 aliphatic carbocycles. The molecule has 0 unspecified atom stereocenters. The van der Waals surface area contributed by atoms with Crippen LogP contribution in [0.3, 0.4) is 0 Å². The zero-order valence-electron chi connectivity index (χ0n) is 9.65. The van der Waals surface area contributed by atoms with Gasteiger partial charge < -0.3 is 5.73 Å². The standard InChI is InChI=1S/C13H14FN3/c1-2-3-11-8-12(15)17-13(16-11)9-4-6-10(14)7-5-9/h4-8H,2-3H2,1H3,(H2,15,16,17). The van der Waals surface area contributed by atoms with E-state index in [1.807, 2.05) is 0 Å². The molecule has 0 bridgehead atoms. The van der Waals surface area contributed by atoms with Gasteiger partial charge in [-0.3, -0.25) is 0 Å². The van der Waals surface area contributed by atoms with Crippen LogP contribution in [0.5, 0.6) is 0 Å². The summed E-state index contributed by atoms with van der Waals surface area (Å²) >= 11 is 0. The molecule has 1 aromatic carbocycles. The molecule has 17 heavy (non-hydrogen) atoms. The summed E-state index contributed by atoms with van der Waals surface area (Å²) in [5.41, 5.74) is 7.42. The van der Waals surface area contributed by atoms with Crippen molar-refractivity contribution in [1.29, 1.82) is 0 Å². The summed E-state index contributed by atoms with van der Waals surface area (Å²) < 4.78 is 12.8. The van der Waals surface area contributed by atoms with Gasteiger partial charge >= 0.3 is 0 Å². The third-order valence-corrected chi connectivity index (χ3v) is 2.41. The molecule has 3 nitrogen and oxygen atoms in total. The van der Waals surface area contributed by atoms with Crippen molar-refractivity contribution in [1.82, 2.24) is 9.97 Å². The van der Waals surface area contributed by atoms with E-state index in [0.29, 0.717) is 11.6 Å². The molecule has 1 aromatic heterocycles. The average molecular weight is 231 g/mol. The maximum atomic E-state index is 12.8. The van der Waals surface area contributed by atoms with E-state index in [-0.39, 0.29) is 5.82 Å². The molecule has 0 aliphatic heterocycles. The summed E-state index contributed by atoms with van der Waals surface area (Å²) in [6.07, 6.45) is 1.86. The molecule has 0 fully saturated rings. The highest BCUT2D eigenvalue weighted by Crippen LogP contribution is 2.17. The number of rotatable bonds is 3. The van der Waals surface area contributed by atoms with Crippen LogP contribution in [-0.2, 0) is 6.42 Å². The van der Waals surface area contributed by atoms with Crippen molar-refractivity contribution in [3.63, 3.8) is 0 Å². The van der Waals surface area contributed by atoms with Crippen molar-refractivity contribution >= 4 is 5.82 Å². The molecule has 88 valence electrons. The zero-order chi connectivity index (χ0) is 12.3. The predicted octanol–water partition coefficient (Wildman–Crippen LogP) is 2.82. The van der Waals surface area contributed by atoms with Gasteiger partial charge in [0.1, 0.15) is 11.6 Å². The fourth-order valence-electron chi connectivity index (χ4n) is 1.63. The molecule has 4 heteroatoms. The number of aryl methyl sites for hydroxylation is 1. The predicted molar refractivity (Wildman–Crippen MR) is 65.8 cm³/mol. The molecule has 0 spiro atoms. The molecule has 1 heterocycles. The van der Waals surface area contributed by atoms with E-state index >= 15 is 0 Å². The lowest BCUT2D eigenvalue weighted by molar-refractivity contribution is 0.628. The topological polar surface area (TPSA) is 51.8 Å². The number of benzene rings is 1. The molecule has 0 aliphatic rings. The Balaban J connectivity index is 2.40. The highest BCUT2D eigenvalue weighted by atomic mass is 19.1. The van der Waals surface area contributed by atoms with Crippen molar-refractivity contribution < 1.29 is 4.39 Å². The van der Waals surface area contributed by atoms with E-state index < -0.39 is 0 Å². The molecular formula is C13H14FN3. The summed E-state index contributed by atoms with van der Waals surface area (Å²) in [4.78, 5) is 8.57. The third-order valence-electron chi connectivity index (χ3n) is 2.41.